The molecule has 3 rings (SSSR count). The molecule has 7 nitrogen and oxygen atoms in total. The van der Waals surface area contributed by atoms with E-state index >= 15 is 0 Å². The fourth-order valence-electron chi connectivity index (χ4n) is 2.08. The number of tetrazole rings is 1. The first-order chi connectivity index (χ1) is 10.2. The van der Waals surface area contributed by atoms with E-state index in [2.05, 4.69) is 26.2 Å². The van der Waals surface area contributed by atoms with E-state index in [0.29, 0.717) is 22.3 Å². The van der Waals surface area contributed by atoms with E-state index in [9.17, 15) is 4.79 Å². The van der Waals surface area contributed by atoms with Crippen LogP contribution in [0.15, 0.2) is 18.2 Å². The van der Waals surface area contributed by atoms with Crippen LogP contribution in [0.4, 0.5) is 5.69 Å². The van der Waals surface area contributed by atoms with Crippen molar-refractivity contribution >= 4 is 35.6 Å². The van der Waals surface area contributed by atoms with E-state index in [1.807, 2.05) is 0 Å². The molecule has 2 aromatic rings. The molecule has 1 aromatic heterocycles. The summed E-state index contributed by atoms with van der Waals surface area (Å²) in [4.78, 5) is 11.6. The maximum Gasteiger partial charge on any atom is 0.238 e. The van der Waals surface area contributed by atoms with Crippen LogP contribution in [0.3, 0.4) is 0 Å². The Kier molecular flexibility index (Phi) is 5.33. The number of likely N-dealkylation sites (N-methyl/N-ethyl adjacent to an activating group) is 1. The van der Waals surface area contributed by atoms with Gasteiger partial charge >= 0.3 is 0 Å². The van der Waals surface area contributed by atoms with Crippen LogP contribution in [0.2, 0.25) is 5.02 Å². The third kappa shape index (κ3) is 3.55. The minimum Gasteiger partial charge on any atom is -0.325 e. The van der Waals surface area contributed by atoms with Gasteiger partial charge in [0.2, 0.25) is 5.91 Å². The SMILES string of the molecule is CNCC(=O)Nc1ccc(Cl)c(-n2nnnc2C2CC2)c1.Cl. The van der Waals surface area contributed by atoms with Crippen LogP contribution in [0, 0.1) is 0 Å². The number of carbonyl (C=O) groups is 1. The van der Waals surface area contributed by atoms with Crippen LogP contribution in [0.1, 0.15) is 24.6 Å². The zero-order chi connectivity index (χ0) is 14.8. The molecule has 0 spiro atoms. The van der Waals surface area contributed by atoms with Crippen LogP contribution < -0.4 is 10.6 Å². The first-order valence-electron chi connectivity index (χ1n) is 6.71. The Balaban J connectivity index is 0.00000176. The second kappa shape index (κ2) is 7.04. The zero-order valence-electron chi connectivity index (χ0n) is 11.9. The number of carbonyl (C=O) groups excluding carboxylic acids is 1. The lowest BCUT2D eigenvalue weighted by atomic mass is 10.2. The number of amides is 1. The highest BCUT2D eigenvalue weighted by molar-refractivity contribution is 6.32. The molecule has 1 aliphatic carbocycles. The molecule has 1 aromatic carbocycles. The number of nitrogens with zero attached hydrogens (tertiary/aromatic N) is 4. The van der Waals surface area contributed by atoms with Crippen molar-refractivity contribution in [2.45, 2.75) is 18.8 Å². The van der Waals surface area contributed by atoms with Gasteiger partial charge in [0.05, 0.1) is 17.3 Å². The van der Waals surface area contributed by atoms with Crippen LogP contribution in [-0.4, -0.2) is 39.7 Å². The molecule has 1 fully saturated rings. The lowest BCUT2D eigenvalue weighted by Gasteiger charge is -2.10. The smallest absolute Gasteiger partial charge is 0.238 e. The lowest BCUT2D eigenvalue weighted by Crippen LogP contribution is -2.25. The van der Waals surface area contributed by atoms with Crippen molar-refractivity contribution in [2.75, 3.05) is 18.9 Å². The standard InChI is InChI=1S/C13H15ClN6O.ClH/c1-15-7-12(21)16-9-4-5-10(14)11(6-9)20-13(8-2-3-8)17-18-19-20;/h4-6,8,15H,2-3,7H2,1H3,(H,16,21);1H. The molecule has 22 heavy (non-hydrogen) atoms. The van der Waals surface area contributed by atoms with Gasteiger partial charge in [0.1, 0.15) is 0 Å². The number of hydrogen-bond acceptors (Lipinski definition) is 5. The first-order valence-corrected chi connectivity index (χ1v) is 7.09. The fourth-order valence-corrected chi connectivity index (χ4v) is 2.28. The van der Waals surface area contributed by atoms with Gasteiger partial charge in [0.15, 0.2) is 5.82 Å². The second-order valence-electron chi connectivity index (χ2n) is 4.97. The third-order valence-corrected chi connectivity index (χ3v) is 3.55. The molecule has 0 radical (unpaired) electrons. The lowest BCUT2D eigenvalue weighted by molar-refractivity contribution is -0.115. The molecule has 0 bridgehead atoms. The topological polar surface area (TPSA) is 84.7 Å². The van der Waals surface area contributed by atoms with Crippen molar-refractivity contribution < 1.29 is 4.79 Å². The number of nitrogens with one attached hydrogen (secondary N) is 2. The molecular formula is C13H16Cl2N6O. The highest BCUT2D eigenvalue weighted by atomic mass is 35.5. The minimum absolute atomic E-state index is 0. The van der Waals surface area contributed by atoms with E-state index in [1.54, 1.807) is 29.9 Å². The molecule has 1 aliphatic rings. The summed E-state index contributed by atoms with van der Waals surface area (Å²) >= 11 is 6.24. The largest absolute Gasteiger partial charge is 0.325 e. The Labute approximate surface area is 138 Å². The van der Waals surface area contributed by atoms with Gasteiger partial charge in [0.25, 0.3) is 0 Å². The molecule has 0 aliphatic heterocycles. The summed E-state index contributed by atoms with van der Waals surface area (Å²) in [5.74, 6) is 1.10. The maximum absolute atomic E-state index is 11.6. The summed E-state index contributed by atoms with van der Waals surface area (Å²) in [5.41, 5.74) is 1.33. The number of anilines is 1. The highest BCUT2D eigenvalue weighted by Gasteiger charge is 2.30. The van der Waals surface area contributed by atoms with Crippen molar-refractivity contribution in [3.63, 3.8) is 0 Å². The van der Waals surface area contributed by atoms with E-state index < -0.39 is 0 Å². The van der Waals surface area contributed by atoms with E-state index in [0.717, 1.165) is 18.7 Å². The zero-order valence-corrected chi connectivity index (χ0v) is 13.5. The van der Waals surface area contributed by atoms with Gasteiger partial charge < -0.3 is 10.6 Å². The summed E-state index contributed by atoms with van der Waals surface area (Å²) in [5, 5.41) is 17.9. The summed E-state index contributed by atoms with van der Waals surface area (Å²) < 4.78 is 1.65. The predicted octanol–water partition coefficient (Wildman–Crippen LogP) is 1.77. The predicted molar refractivity (Wildman–Crippen MR) is 85.9 cm³/mol. The van der Waals surface area contributed by atoms with Crippen molar-refractivity contribution in [3.05, 3.63) is 29.0 Å². The van der Waals surface area contributed by atoms with Gasteiger partial charge in [-0.25, -0.2) is 0 Å². The first kappa shape index (κ1) is 16.7. The van der Waals surface area contributed by atoms with Gasteiger partial charge in [-0.1, -0.05) is 11.6 Å². The highest BCUT2D eigenvalue weighted by Crippen LogP contribution is 2.39. The molecule has 1 amide bonds. The van der Waals surface area contributed by atoms with E-state index in [-0.39, 0.29) is 24.9 Å². The summed E-state index contributed by atoms with van der Waals surface area (Å²) in [6.07, 6.45) is 2.19. The van der Waals surface area contributed by atoms with Crippen molar-refractivity contribution in [3.8, 4) is 5.69 Å². The van der Waals surface area contributed by atoms with E-state index in [4.69, 9.17) is 11.6 Å². The van der Waals surface area contributed by atoms with Crippen molar-refractivity contribution in [1.82, 2.24) is 25.5 Å². The number of rotatable bonds is 5. The number of halogens is 2. The molecule has 0 unspecified atom stereocenters. The molecule has 1 saturated carbocycles. The van der Waals surface area contributed by atoms with E-state index in [1.165, 1.54) is 0 Å². The third-order valence-electron chi connectivity index (χ3n) is 3.23. The summed E-state index contributed by atoms with van der Waals surface area (Å²) in [6, 6.07) is 5.25. The Morgan fingerprint density at radius 1 is 1.45 bits per heavy atom. The van der Waals surface area contributed by atoms with Crippen LogP contribution in [-0.2, 0) is 4.79 Å². The number of aromatic nitrogens is 4. The molecule has 0 saturated heterocycles. The molecule has 1 heterocycles. The van der Waals surface area contributed by atoms with Crippen LogP contribution >= 0.6 is 24.0 Å². The number of hydrogen-bond donors (Lipinski definition) is 2. The second-order valence-corrected chi connectivity index (χ2v) is 5.38. The Hall–Kier alpha value is -1.70. The van der Waals surface area contributed by atoms with Gasteiger partial charge in [-0.2, -0.15) is 4.68 Å². The minimum atomic E-state index is -0.120. The monoisotopic (exact) mass is 342 g/mol. The molecule has 9 heteroatoms. The summed E-state index contributed by atoms with van der Waals surface area (Å²) in [7, 11) is 1.72. The molecule has 118 valence electrons. The Bertz CT molecular complexity index is 670. The van der Waals surface area contributed by atoms with Crippen LogP contribution in [0.5, 0.6) is 0 Å². The molecular weight excluding hydrogens is 327 g/mol. The summed E-state index contributed by atoms with van der Waals surface area (Å²) in [6.45, 7) is 0.246. The number of benzene rings is 1. The Morgan fingerprint density at radius 3 is 2.91 bits per heavy atom. The van der Waals surface area contributed by atoms with Gasteiger partial charge in [0, 0.05) is 11.6 Å². The average molecular weight is 343 g/mol. The van der Waals surface area contributed by atoms with Gasteiger partial charge in [-0.3, -0.25) is 4.79 Å². The molecule has 2 N–H and O–H groups in total. The van der Waals surface area contributed by atoms with Crippen LogP contribution in [0.25, 0.3) is 5.69 Å². The quantitative estimate of drug-likeness (QED) is 0.864. The van der Waals surface area contributed by atoms with Gasteiger partial charge in [-0.15, -0.1) is 17.5 Å². The van der Waals surface area contributed by atoms with Crippen molar-refractivity contribution in [2.24, 2.45) is 0 Å². The van der Waals surface area contributed by atoms with Gasteiger partial charge in [-0.05, 0) is 48.5 Å². The molecule has 0 atom stereocenters. The maximum atomic E-state index is 11.6. The van der Waals surface area contributed by atoms with Crippen molar-refractivity contribution in [1.29, 1.82) is 0 Å². The Morgan fingerprint density at radius 2 is 2.23 bits per heavy atom. The normalized spacial score (nSPS) is 13.5. The average Bonchev–Trinajstić information content (AvgIpc) is 3.19. The fraction of sp³-hybridized carbons (Fsp3) is 0.385.